The number of nitrogens with two attached hydrogens (primary N) is 1. The summed E-state index contributed by atoms with van der Waals surface area (Å²) in [4.78, 5) is 12.8. The normalized spacial score (nSPS) is 28.6. The molecule has 1 aliphatic carbocycles. The van der Waals surface area contributed by atoms with E-state index < -0.39 is 36.7 Å². The van der Waals surface area contributed by atoms with E-state index in [1.807, 2.05) is 0 Å². The third-order valence-electron chi connectivity index (χ3n) is 6.14. The third-order valence-corrected chi connectivity index (χ3v) is 6.14. The highest BCUT2D eigenvalue weighted by atomic mass is 16.6. The topological polar surface area (TPSA) is 160 Å². The van der Waals surface area contributed by atoms with Crippen molar-refractivity contribution in [3.63, 3.8) is 0 Å². The van der Waals surface area contributed by atoms with E-state index in [1.165, 1.54) is 17.3 Å². The van der Waals surface area contributed by atoms with Crippen LogP contribution in [0.25, 0.3) is 11.2 Å². The molecule has 10 nitrogen and oxygen atoms in total. The first kappa shape index (κ1) is 21.9. The molecule has 0 amide bonds. The number of rotatable bonds is 3. The molecule has 0 spiro atoms. The molecule has 4 rings (SSSR count). The molecule has 1 saturated carbocycles. The van der Waals surface area contributed by atoms with Gasteiger partial charge >= 0.3 is 0 Å². The fourth-order valence-corrected chi connectivity index (χ4v) is 4.32. The van der Waals surface area contributed by atoms with E-state index in [2.05, 4.69) is 26.8 Å². The Bertz CT molecular complexity index is 976. The first-order valence-corrected chi connectivity index (χ1v) is 10.8. The van der Waals surface area contributed by atoms with Crippen LogP contribution in [0.1, 0.15) is 63.4 Å². The van der Waals surface area contributed by atoms with Gasteiger partial charge < -0.3 is 30.9 Å². The van der Waals surface area contributed by atoms with Crippen LogP contribution in [0.15, 0.2) is 6.33 Å². The number of nitrogens with zero attached hydrogens (tertiary/aromatic N) is 4. The second-order valence-electron chi connectivity index (χ2n) is 8.46. The van der Waals surface area contributed by atoms with Gasteiger partial charge in [0.25, 0.3) is 0 Å². The summed E-state index contributed by atoms with van der Waals surface area (Å²) in [5, 5.41) is 40.5. The maximum absolute atomic E-state index is 10.9. The third kappa shape index (κ3) is 4.51. The van der Waals surface area contributed by atoms with Crippen molar-refractivity contribution in [1.29, 1.82) is 0 Å². The molecule has 1 aliphatic heterocycles. The van der Waals surface area contributed by atoms with Crippen LogP contribution in [0.4, 0.5) is 5.82 Å². The van der Waals surface area contributed by atoms with Crippen molar-refractivity contribution < 1.29 is 25.2 Å². The second-order valence-corrected chi connectivity index (χ2v) is 8.46. The predicted octanol–water partition coefficient (Wildman–Crippen LogP) is 0.237. The van der Waals surface area contributed by atoms with Crippen LogP contribution in [0, 0.1) is 11.8 Å². The lowest BCUT2D eigenvalue weighted by Gasteiger charge is -2.28. The van der Waals surface area contributed by atoms with Gasteiger partial charge in [-0.15, -0.1) is 0 Å². The largest absolute Gasteiger partial charge is 0.394 e. The number of aliphatic hydroxyl groups is 4. The van der Waals surface area contributed by atoms with E-state index in [4.69, 9.17) is 10.5 Å². The van der Waals surface area contributed by atoms with Crippen LogP contribution in [0.3, 0.4) is 0 Å². The molecule has 10 heteroatoms. The first-order chi connectivity index (χ1) is 14.9. The summed E-state index contributed by atoms with van der Waals surface area (Å²) >= 11 is 0. The highest BCUT2D eigenvalue weighted by molar-refractivity contribution is 5.82. The van der Waals surface area contributed by atoms with Crippen molar-refractivity contribution in [2.45, 2.75) is 81.5 Å². The molecule has 0 unspecified atom stereocenters. The van der Waals surface area contributed by atoms with Crippen LogP contribution >= 0.6 is 0 Å². The number of aliphatic hydroxyl groups excluding tert-OH is 3. The van der Waals surface area contributed by atoms with Crippen molar-refractivity contribution >= 4 is 17.0 Å². The van der Waals surface area contributed by atoms with Gasteiger partial charge in [-0.05, 0) is 18.8 Å². The molecule has 0 radical (unpaired) electrons. The summed E-state index contributed by atoms with van der Waals surface area (Å²) in [7, 11) is 0. The average molecular weight is 431 g/mol. The molecular weight excluding hydrogens is 402 g/mol. The zero-order valence-electron chi connectivity index (χ0n) is 17.3. The zero-order chi connectivity index (χ0) is 22.0. The smallest absolute Gasteiger partial charge is 0.208 e. The number of aromatic nitrogens is 4. The van der Waals surface area contributed by atoms with E-state index in [0.29, 0.717) is 17.6 Å². The Labute approximate surface area is 180 Å². The van der Waals surface area contributed by atoms with Gasteiger partial charge in [0.15, 0.2) is 17.7 Å². The van der Waals surface area contributed by atoms with Crippen molar-refractivity contribution in [3.8, 4) is 11.8 Å². The second kappa shape index (κ2) is 9.06. The zero-order valence-corrected chi connectivity index (χ0v) is 17.3. The van der Waals surface area contributed by atoms with Crippen LogP contribution in [-0.2, 0) is 4.74 Å². The molecular formula is C21H29N5O5. The lowest BCUT2D eigenvalue weighted by atomic mass is 9.85. The molecule has 0 bridgehead atoms. The number of imidazole rings is 1. The van der Waals surface area contributed by atoms with Crippen LogP contribution in [-0.4, -0.2) is 70.5 Å². The van der Waals surface area contributed by atoms with E-state index in [1.54, 1.807) is 0 Å². The van der Waals surface area contributed by atoms with E-state index >= 15 is 0 Å². The Morgan fingerprint density at radius 3 is 2.52 bits per heavy atom. The number of hydrogen-bond acceptors (Lipinski definition) is 9. The summed E-state index contributed by atoms with van der Waals surface area (Å²) in [5.41, 5.74) is 5.86. The van der Waals surface area contributed by atoms with Gasteiger partial charge in [-0.2, -0.15) is 0 Å². The van der Waals surface area contributed by atoms with Gasteiger partial charge in [-0.1, -0.05) is 38.0 Å². The number of ether oxygens (including phenoxy) is 1. The molecule has 2 fully saturated rings. The lowest BCUT2D eigenvalue weighted by molar-refractivity contribution is -0.0511. The van der Waals surface area contributed by atoms with Crippen molar-refractivity contribution in [2.24, 2.45) is 0 Å². The molecule has 0 aromatic carbocycles. The maximum Gasteiger partial charge on any atom is 0.208 e. The highest BCUT2D eigenvalue weighted by Gasteiger charge is 2.44. The van der Waals surface area contributed by atoms with Gasteiger partial charge in [0, 0.05) is 6.42 Å². The molecule has 3 heterocycles. The fourth-order valence-electron chi connectivity index (χ4n) is 4.32. The molecule has 2 aromatic rings. The molecule has 2 aliphatic rings. The van der Waals surface area contributed by atoms with Gasteiger partial charge in [-0.3, -0.25) is 4.57 Å². The Kier molecular flexibility index (Phi) is 6.41. The molecule has 4 atom stereocenters. The number of nitrogen functional groups attached to an aromatic ring is 1. The molecule has 2 aromatic heterocycles. The SMILES string of the molecule is Nc1nc(C#CCC2(O)CCCCCCC2)nc2c1ncn2[C@@H]1O[C@H](CO)[C@@H](O)[C@H]1O. The standard InChI is InChI=1S/C21H29N5O5/c22-18-15-19(26(12-23-15)20-17(29)16(28)13(11-27)31-20)25-14(24-18)7-6-10-21(30)8-4-2-1-3-5-9-21/h12-13,16-17,20,27-30H,1-5,8-11H2,(H2,22,24,25)/t13-,16-,17-,20-/m1/s1. The van der Waals surface area contributed by atoms with Gasteiger partial charge in [0.05, 0.1) is 18.5 Å². The molecule has 168 valence electrons. The summed E-state index contributed by atoms with van der Waals surface area (Å²) in [6.07, 6.45) is 4.28. The van der Waals surface area contributed by atoms with Crippen LogP contribution < -0.4 is 5.73 Å². The minimum Gasteiger partial charge on any atom is -0.394 e. The number of fused-ring (bicyclic) bond motifs is 1. The predicted molar refractivity (Wildman–Crippen MR) is 112 cm³/mol. The Hall–Kier alpha value is -2.29. The minimum absolute atomic E-state index is 0.129. The highest BCUT2D eigenvalue weighted by Crippen LogP contribution is 2.32. The first-order valence-electron chi connectivity index (χ1n) is 10.8. The summed E-state index contributed by atoms with van der Waals surface area (Å²) in [6.45, 7) is -0.432. The summed E-state index contributed by atoms with van der Waals surface area (Å²) in [5.74, 6) is 6.19. The molecule has 6 N–H and O–H groups in total. The van der Waals surface area contributed by atoms with Crippen molar-refractivity contribution in [2.75, 3.05) is 12.3 Å². The van der Waals surface area contributed by atoms with Gasteiger partial charge in [0.1, 0.15) is 23.8 Å². The van der Waals surface area contributed by atoms with Crippen LogP contribution in [0.5, 0.6) is 0 Å². The van der Waals surface area contributed by atoms with Gasteiger partial charge in [0.2, 0.25) is 5.82 Å². The Balaban J connectivity index is 1.58. The van der Waals surface area contributed by atoms with Gasteiger partial charge in [-0.25, -0.2) is 15.0 Å². The van der Waals surface area contributed by atoms with Crippen LogP contribution in [0.2, 0.25) is 0 Å². The molecule has 31 heavy (non-hydrogen) atoms. The number of hydrogen-bond donors (Lipinski definition) is 5. The van der Waals surface area contributed by atoms with Crippen molar-refractivity contribution in [1.82, 2.24) is 19.5 Å². The lowest BCUT2D eigenvalue weighted by Crippen LogP contribution is -2.33. The quantitative estimate of drug-likeness (QED) is 0.429. The fraction of sp³-hybridized carbons (Fsp3) is 0.667. The number of anilines is 1. The maximum atomic E-state index is 10.9. The van der Waals surface area contributed by atoms with E-state index in [9.17, 15) is 20.4 Å². The molecule has 1 saturated heterocycles. The van der Waals surface area contributed by atoms with Crippen molar-refractivity contribution in [3.05, 3.63) is 12.2 Å². The minimum atomic E-state index is -1.27. The van der Waals surface area contributed by atoms with E-state index in [0.717, 1.165) is 38.5 Å². The summed E-state index contributed by atoms with van der Waals surface area (Å²) in [6, 6.07) is 0. The monoisotopic (exact) mass is 431 g/mol. The Morgan fingerprint density at radius 2 is 1.84 bits per heavy atom. The summed E-state index contributed by atoms with van der Waals surface area (Å²) < 4.78 is 7.01. The average Bonchev–Trinajstić information content (AvgIpc) is 3.27. The Morgan fingerprint density at radius 1 is 1.13 bits per heavy atom. The van der Waals surface area contributed by atoms with E-state index in [-0.39, 0.29) is 11.6 Å².